The molecule has 1 nitrogen and oxygen atoms in total. The van der Waals surface area contributed by atoms with Gasteiger partial charge in [0, 0.05) is 5.54 Å². The molecule has 0 rings (SSSR count). The van der Waals surface area contributed by atoms with Crippen LogP contribution in [0.4, 0.5) is 0 Å². The molecule has 25 heavy (non-hydrogen) atoms. The number of hydrogen-bond donors (Lipinski definition) is 1. The molecule has 0 saturated carbocycles. The average Bonchev–Trinajstić information content (AvgIpc) is 2.57. The van der Waals surface area contributed by atoms with Crippen LogP contribution in [0.5, 0.6) is 0 Å². The Bertz CT molecular complexity index is 263. The molecule has 0 bridgehead atoms. The summed E-state index contributed by atoms with van der Waals surface area (Å²) in [4.78, 5) is 0. The monoisotopic (exact) mass is 373 g/mol. The smallest absolute Gasteiger partial charge is 0.0304 e. The van der Waals surface area contributed by atoms with Gasteiger partial charge in [0.1, 0.15) is 0 Å². The van der Waals surface area contributed by atoms with Crippen LogP contribution in [-0.2, 0) is 0 Å². The summed E-state index contributed by atoms with van der Waals surface area (Å²) in [5.74, 6) is 0. The zero-order chi connectivity index (χ0) is 17.9. The van der Waals surface area contributed by atoms with Crippen LogP contribution in [0.1, 0.15) is 124 Å². The Morgan fingerprint density at radius 2 is 0.960 bits per heavy atom. The van der Waals surface area contributed by atoms with E-state index in [2.05, 4.69) is 32.7 Å². The maximum absolute atomic E-state index is 3.86. The fourth-order valence-electron chi connectivity index (χ4n) is 3.16. The standard InChI is InChI=1S/C23H47N.ClH/c1-5-7-8-9-10-11-12-13-14-15-16-17-18-19-20-21-22-24-23(3,4)6-2;/h6,24H,2,5,7-22H2,1,3-4H3;1H. The summed E-state index contributed by atoms with van der Waals surface area (Å²) in [6.07, 6.45) is 25.0. The van der Waals surface area contributed by atoms with E-state index in [1.54, 1.807) is 0 Å². The van der Waals surface area contributed by atoms with Crippen molar-refractivity contribution in [3.63, 3.8) is 0 Å². The number of halogens is 1. The molecule has 0 aliphatic rings. The molecule has 0 spiro atoms. The van der Waals surface area contributed by atoms with E-state index in [9.17, 15) is 0 Å². The van der Waals surface area contributed by atoms with E-state index in [4.69, 9.17) is 0 Å². The molecule has 152 valence electrons. The Kier molecular flexibility index (Phi) is 22.1. The van der Waals surface area contributed by atoms with Crippen LogP contribution in [0, 0.1) is 0 Å². The van der Waals surface area contributed by atoms with Gasteiger partial charge in [-0.25, -0.2) is 0 Å². The third-order valence-corrected chi connectivity index (χ3v) is 5.12. The predicted molar refractivity (Wildman–Crippen MR) is 119 cm³/mol. The van der Waals surface area contributed by atoms with E-state index in [0.29, 0.717) is 0 Å². The molecule has 2 heteroatoms. The van der Waals surface area contributed by atoms with Gasteiger partial charge < -0.3 is 5.32 Å². The second-order valence-electron chi connectivity index (χ2n) is 8.16. The highest BCUT2D eigenvalue weighted by Gasteiger charge is 2.09. The molecule has 0 aliphatic heterocycles. The lowest BCUT2D eigenvalue weighted by Crippen LogP contribution is -2.37. The fraction of sp³-hybridized carbons (Fsp3) is 0.913. The van der Waals surface area contributed by atoms with Crippen LogP contribution in [-0.4, -0.2) is 12.1 Å². The van der Waals surface area contributed by atoms with Crippen molar-refractivity contribution in [2.75, 3.05) is 6.54 Å². The van der Waals surface area contributed by atoms with Gasteiger partial charge in [0.05, 0.1) is 0 Å². The summed E-state index contributed by atoms with van der Waals surface area (Å²) in [6, 6.07) is 0. The summed E-state index contributed by atoms with van der Waals surface area (Å²) in [5.41, 5.74) is 0.0928. The van der Waals surface area contributed by atoms with E-state index >= 15 is 0 Å². The summed E-state index contributed by atoms with van der Waals surface area (Å²) in [5, 5.41) is 3.54. The number of rotatable bonds is 19. The molecule has 0 amide bonds. The normalized spacial score (nSPS) is 11.3. The van der Waals surface area contributed by atoms with Gasteiger partial charge in [0.15, 0.2) is 0 Å². The largest absolute Gasteiger partial charge is 0.308 e. The van der Waals surface area contributed by atoms with Gasteiger partial charge in [0.25, 0.3) is 0 Å². The lowest BCUT2D eigenvalue weighted by Gasteiger charge is -2.21. The summed E-state index contributed by atoms with van der Waals surface area (Å²) < 4.78 is 0. The molecule has 0 aromatic heterocycles. The first-order chi connectivity index (χ1) is 11.6. The van der Waals surface area contributed by atoms with Gasteiger partial charge in [-0.2, -0.15) is 0 Å². The zero-order valence-electron chi connectivity index (χ0n) is 17.7. The summed E-state index contributed by atoms with van der Waals surface area (Å²) in [7, 11) is 0. The highest BCUT2D eigenvalue weighted by Crippen LogP contribution is 2.13. The van der Waals surface area contributed by atoms with Crippen molar-refractivity contribution in [1.82, 2.24) is 5.32 Å². The Morgan fingerprint density at radius 1 is 0.640 bits per heavy atom. The lowest BCUT2D eigenvalue weighted by atomic mass is 10.0. The van der Waals surface area contributed by atoms with E-state index in [0.717, 1.165) is 6.54 Å². The van der Waals surface area contributed by atoms with Gasteiger partial charge in [0.2, 0.25) is 0 Å². The van der Waals surface area contributed by atoms with Crippen LogP contribution in [0.2, 0.25) is 0 Å². The topological polar surface area (TPSA) is 12.0 Å². The van der Waals surface area contributed by atoms with E-state index in [-0.39, 0.29) is 17.9 Å². The van der Waals surface area contributed by atoms with E-state index < -0.39 is 0 Å². The van der Waals surface area contributed by atoms with Crippen molar-refractivity contribution in [3.05, 3.63) is 12.7 Å². The molecule has 1 N–H and O–H groups in total. The minimum absolute atomic E-state index is 0. The highest BCUT2D eigenvalue weighted by atomic mass is 35.5. The Morgan fingerprint density at radius 3 is 1.28 bits per heavy atom. The summed E-state index contributed by atoms with van der Waals surface area (Å²) >= 11 is 0. The number of unbranched alkanes of at least 4 members (excludes halogenated alkanes) is 15. The van der Waals surface area contributed by atoms with Gasteiger partial charge in [-0.15, -0.1) is 19.0 Å². The molecular formula is C23H48ClN. The molecule has 0 saturated heterocycles. The van der Waals surface area contributed by atoms with Gasteiger partial charge >= 0.3 is 0 Å². The van der Waals surface area contributed by atoms with Crippen molar-refractivity contribution in [2.45, 2.75) is 129 Å². The van der Waals surface area contributed by atoms with E-state index in [1.807, 2.05) is 6.08 Å². The Hall–Kier alpha value is -0.0100. The average molecular weight is 374 g/mol. The molecule has 0 fully saturated rings. The predicted octanol–water partition coefficient (Wildman–Crippen LogP) is 8.22. The number of hydrogen-bond acceptors (Lipinski definition) is 1. The molecule has 0 unspecified atom stereocenters. The molecule has 0 atom stereocenters. The first-order valence-electron chi connectivity index (χ1n) is 11.0. The van der Waals surface area contributed by atoms with Crippen molar-refractivity contribution in [3.8, 4) is 0 Å². The van der Waals surface area contributed by atoms with Gasteiger partial charge in [-0.3, -0.25) is 0 Å². The fourth-order valence-corrected chi connectivity index (χ4v) is 3.16. The van der Waals surface area contributed by atoms with Crippen LogP contribution in [0.25, 0.3) is 0 Å². The number of nitrogens with one attached hydrogen (secondary N) is 1. The van der Waals surface area contributed by atoms with Gasteiger partial charge in [-0.05, 0) is 26.8 Å². The minimum Gasteiger partial charge on any atom is -0.308 e. The molecule has 0 aromatic rings. The molecule has 0 heterocycles. The summed E-state index contributed by atoms with van der Waals surface area (Å²) in [6.45, 7) is 11.7. The van der Waals surface area contributed by atoms with E-state index in [1.165, 1.54) is 103 Å². The zero-order valence-corrected chi connectivity index (χ0v) is 18.5. The molecule has 0 aliphatic carbocycles. The van der Waals surface area contributed by atoms with Crippen LogP contribution in [0.3, 0.4) is 0 Å². The highest BCUT2D eigenvalue weighted by molar-refractivity contribution is 5.85. The minimum atomic E-state index is 0. The van der Waals surface area contributed by atoms with Crippen LogP contribution in [0.15, 0.2) is 12.7 Å². The molecule has 0 aromatic carbocycles. The lowest BCUT2D eigenvalue weighted by molar-refractivity contribution is 0.456. The first-order valence-corrected chi connectivity index (χ1v) is 11.0. The quantitative estimate of drug-likeness (QED) is 0.177. The second kappa shape index (κ2) is 20.3. The maximum Gasteiger partial charge on any atom is 0.0304 e. The third-order valence-electron chi connectivity index (χ3n) is 5.12. The van der Waals surface area contributed by atoms with Crippen LogP contribution >= 0.6 is 12.4 Å². The van der Waals surface area contributed by atoms with Crippen molar-refractivity contribution >= 4 is 12.4 Å². The Balaban J connectivity index is 0. The Labute approximate surface area is 166 Å². The van der Waals surface area contributed by atoms with Gasteiger partial charge in [-0.1, -0.05) is 109 Å². The molecule has 0 radical (unpaired) electrons. The first kappa shape index (κ1) is 27.2. The van der Waals surface area contributed by atoms with Crippen molar-refractivity contribution in [1.29, 1.82) is 0 Å². The van der Waals surface area contributed by atoms with Crippen LogP contribution < -0.4 is 5.32 Å². The van der Waals surface area contributed by atoms with Crippen molar-refractivity contribution in [2.24, 2.45) is 0 Å². The maximum atomic E-state index is 3.86. The van der Waals surface area contributed by atoms with Crippen molar-refractivity contribution < 1.29 is 0 Å². The second-order valence-corrected chi connectivity index (χ2v) is 8.16. The third kappa shape index (κ3) is 21.9. The molecular weight excluding hydrogens is 326 g/mol. The SMILES string of the molecule is C=CC(C)(C)NCCCCCCCCCCCCCCCCCC.Cl.